The van der Waals surface area contributed by atoms with Gasteiger partial charge in [-0.05, 0) is 24.3 Å². The van der Waals surface area contributed by atoms with Crippen LogP contribution in [0.4, 0.5) is 5.82 Å². The average molecular weight is 331 g/mol. The third-order valence-electron chi connectivity index (χ3n) is 3.23. The molecule has 2 aromatic heterocycles. The summed E-state index contributed by atoms with van der Waals surface area (Å²) in [7, 11) is 1.79. The van der Waals surface area contributed by atoms with E-state index in [1.807, 2.05) is 12.1 Å². The van der Waals surface area contributed by atoms with E-state index >= 15 is 0 Å². The summed E-state index contributed by atoms with van der Waals surface area (Å²) in [5.41, 5.74) is 0.895. The number of carbonyl (C=O) groups is 1. The van der Waals surface area contributed by atoms with Crippen molar-refractivity contribution in [1.82, 2.24) is 14.8 Å². The molecule has 2 heterocycles. The van der Waals surface area contributed by atoms with E-state index < -0.39 is 0 Å². The van der Waals surface area contributed by atoms with E-state index in [1.54, 1.807) is 42.3 Å². The van der Waals surface area contributed by atoms with E-state index in [9.17, 15) is 4.79 Å². The van der Waals surface area contributed by atoms with E-state index in [4.69, 9.17) is 16.0 Å². The van der Waals surface area contributed by atoms with Crippen molar-refractivity contribution in [3.05, 3.63) is 53.6 Å². The Morgan fingerprint density at radius 3 is 2.78 bits per heavy atom. The molecule has 0 saturated heterocycles. The smallest absolute Gasteiger partial charge is 0.226 e. The second kappa shape index (κ2) is 6.66. The summed E-state index contributed by atoms with van der Waals surface area (Å²) in [6.07, 6.45) is 4.11. The molecule has 23 heavy (non-hydrogen) atoms. The lowest BCUT2D eigenvalue weighted by Gasteiger charge is -2.00. The fourth-order valence-electron chi connectivity index (χ4n) is 2.08. The zero-order valence-electron chi connectivity index (χ0n) is 12.5. The highest BCUT2D eigenvalue weighted by Crippen LogP contribution is 2.22. The quantitative estimate of drug-likeness (QED) is 0.779. The van der Waals surface area contributed by atoms with Gasteiger partial charge >= 0.3 is 0 Å². The number of aromatic nitrogens is 3. The van der Waals surface area contributed by atoms with Crippen LogP contribution in [0, 0.1) is 0 Å². The molecule has 1 amide bonds. The number of oxazole rings is 1. The number of nitrogens with one attached hydrogen (secondary N) is 1. The van der Waals surface area contributed by atoms with E-state index in [0.29, 0.717) is 28.9 Å². The van der Waals surface area contributed by atoms with Gasteiger partial charge in [0.05, 0.1) is 6.20 Å². The van der Waals surface area contributed by atoms with Crippen molar-refractivity contribution >= 4 is 23.3 Å². The van der Waals surface area contributed by atoms with Crippen molar-refractivity contribution in [1.29, 1.82) is 0 Å². The predicted octanol–water partition coefficient (Wildman–Crippen LogP) is 3.30. The molecular weight excluding hydrogens is 316 g/mol. The van der Waals surface area contributed by atoms with E-state index in [0.717, 1.165) is 5.56 Å². The van der Waals surface area contributed by atoms with E-state index in [1.165, 1.54) is 0 Å². The average Bonchev–Trinajstić information content (AvgIpc) is 3.15. The first-order chi connectivity index (χ1) is 11.1. The molecule has 0 fully saturated rings. The Hall–Kier alpha value is -2.60. The molecule has 0 atom stereocenters. The molecule has 3 rings (SSSR count). The number of hydrogen-bond acceptors (Lipinski definition) is 4. The third-order valence-corrected chi connectivity index (χ3v) is 3.48. The highest BCUT2D eigenvalue weighted by Gasteiger charge is 2.10. The van der Waals surface area contributed by atoms with Crippen LogP contribution in [-0.4, -0.2) is 20.7 Å². The minimum Gasteiger partial charge on any atom is -0.441 e. The molecule has 0 aliphatic rings. The van der Waals surface area contributed by atoms with Crippen LogP contribution < -0.4 is 5.32 Å². The molecule has 0 spiro atoms. The summed E-state index contributed by atoms with van der Waals surface area (Å²) in [6, 6.07) is 9.04. The van der Waals surface area contributed by atoms with Gasteiger partial charge in [-0.2, -0.15) is 5.10 Å². The molecule has 0 aliphatic heterocycles. The molecular formula is C16H15ClN4O2. The molecule has 6 nitrogen and oxygen atoms in total. The number of aryl methyl sites for hydroxylation is 2. The molecule has 1 N–H and O–H groups in total. The molecule has 7 heteroatoms. The van der Waals surface area contributed by atoms with Gasteiger partial charge in [-0.3, -0.25) is 9.48 Å². The summed E-state index contributed by atoms with van der Waals surface area (Å²) in [5.74, 6) is 1.58. The highest BCUT2D eigenvalue weighted by molar-refractivity contribution is 6.30. The standard InChI is InChI=1S/C16H15ClN4O2/c1-21-9-8-14(20-21)19-15(22)6-7-16-18-10-13(23-16)11-2-4-12(17)5-3-11/h2-5,8-10H,6-7H2,1H3,(H,19,20,22). The molecule has 118 valence electrons. The van der Waals surface area contributed by atoms with E-state index in [2.05, 4.69) is 15.4 Å². The molecule has 0 saturated carbocycles. The lowest BCUT2D eigenvalue weighted by Crippen LogP contribution is -2.13. The molecule has 1 aromatic carbocycles. The van der Waals surface area contributed by atoms with Gasteiger partial charge in [-0.1, -0.05) is 11.6 Å². The fraction of sp³-hybridized carbons (Fsp3) is 0.188. The maximum atomic E-state index is 11.9. The van der Waals surface area contributed by atoms with Crippen molar-refractivity contribution in [3.8, 4) is 11.3 Å². The van der Waals surface area contributed by atoms with Gasteiger partial charge in [0.25, 0.3) is 0 Å². The Morgan fingerprint density at radius 1 is 1.30 bits per heavy atom. The first kappa shape index (κ1) is 15.3. The Kier molecular flexibility index (Phi) is 4.43. The molecule has 0 bridgehead atoms. The van der Waals surface area contributed by atoms with Crippen LogP contribution in [0.1, 0.15) is 12.3 Å². The number of amides is 1. The summed E-state index contributed by atoms with van der Waals surface area (Å²) in [4.78, 5) is 16.1. The summed E-state index contributed by atoms with van der Waals surface area (Å²) < 4.78 is 7.29. The number of anilines is 1. The number of benzene rings is 1. The monoisotopic (exact) mass is 330 g/mol. The van der Waals surface area contributed by atoms with E-state index in [-0.39, 0.29) is 12.3 Å². The van der Waals surface area contributed by atoms with Crippen LogP contribution >= 0.6 is 11.6 Å². The van der Waals surface area contributed by atoms with Crippen LogP contribution in [0.2, 0.25) is 5.02 Å². The zero-order valence-corrected chi connectivity index (χ0v) is 13.2. The maximum absolute atomic E-state index is 11.9. The summed E-state index contributed by atoms with van der Waals surface area (Å²) in [6.45, 7) is 0. The van der Waals surface area contributed by atoms with Crippen molar-refractivity contribution < 1.29 is 9.21 Å². The summed E-state index contributed by atoms with van der Waals surface area (Å²) >= 11 is 5.86. The predicted molar refractivity (Wildman–Crippen MR) is 87.1 cm³/mol. The Morgan fingerprint density at radius 2 is 2.09 bits per heavy atom. The second-order valence-electron chi connectivity index (χ2n) is 5.05. The minimum absolute atomic E-state index is 0.130. The Labute approximate surface area is 138 Å². The van der Waals surface area contributed by atoms with Gasteiger partial charge < -0.3 is 9.73 Å². The lowest BCUT2D eigenvalue weighted by atomic mass is 10.2. The number of rotatable bonds is 5. The van der Waals surface area contributed by atoms with Crippen molar-refractivity contribution in [3.63, 3.8) is 0 Å². The van der Waals surface area contributed by atoms with Gasteiger partial charge in [0, 0.05) is 42.7 Å². The van der Waals surface area contributed by atoms with Gasteiger partial charge in [-0.25, -0.2) is 4.98 Å². The van der Waals surface area contributed by atoms with Crippen LogP contribution in [-0.2, 0) is 18.3 Å². The van der Waals surface area contributed by atoms with Crippen LogP contribution in [0.3, 0.4) is 0 Å². The van der Waals surface area contributed by atoms with Crippen LogP contribution in [0.15, 0.2) is 47.1 Å². The number of nitrogens with zero attached hydrogens (tertiary/aromatic N) is 3. The SMILES string of the molecule is Cn1ccc(NC(=O)CCc2ncc(-c3ccc(Cl)cc3)o2)n1. The number of halogens is 1. The van der Waals surface area contributed by atoms with Gasteiger partial charge in [0.15, 0.2) is 17.5 Å². The molecule has 0 unspecified atom stereocenters. The fourth-order valence-corrected chi connectivity index (χ4v) is 2.21. The van der Waals surface area contributed by atoms with Crippen LogP contribution in [0.5, 0.6) is 0 Å². The Balaban J connectivity index is 1.56. The highest BCUT2D eigenvalue weighted by atomic mass is 35.5. The number of hydrogen-bond donors (Lipinski definition) is 1. The van der Waals surface area contributed by atoms with Crippen molar-refractivity contribution in [2.45, 2.75) is 12.8 Å². The third kappa shape index (κ3) is 3.98. The van der Waals surface area contributed by atoms with Crippen molar-refractivity contribution in [2.24, 2.45) is 7.05 Å². The normalized spacial score (nSPS) is 10.7. The molecule has 0 radical (unpaired) electrons. The van der Waals surface area contributed by atoms with Gasteiger partial charge in [0.1, 0.15) is 0 Å². The maximum Gasteiger partial charge on any atom is 0.226 e. The first-order valence-electron chi connectivity index (χ1n) is 7.10. The zero-order chi connectivity index (χ0) is 16.2. The molecule has 3 aromatic rings. The minimum atomic E-state index is -0.130. The van der Waals surface area contributed by atoms with Gasteiger partial charge in [0.2, 0.25) is 5.91 Å². The van der Waals surface area contributed by atoms with Gasteiger partial charge in [-0.15, -0.1) is 0 Å². The molecule has 0 aliphatic carbocycles. The topological polar surface area (TPSA) is 73.0 Å². The largest absolute Gasteiger partial charge is 0.441 e. The lowest BCUT2D eigenvalue weighted by molar-refractivity contribution is -0.116. The Bertz CT molecular complexity index is 808. The second-order valence-corrected chi connectivity index (χ2v) is 5.48. The van der Waals surface area contributed by atoms with Crippen molar-refractivity contribution in [2.75, 3.05) is 5.32 Å². The first-order valence-corrected chi connectivity index (χ1v) is 7.48. The van der Waals surface area contributed by atoms with Crippen LogP contribution in [0.25, 0.3) is 11.3 Å². The summed E-state index contributed by atoms with van der Waals surface area (Å²) in [5, 5.41) is 7.48. The number of carbonyl (C=O) groups excluding carboxylic acids is 1.